The molecule has 3 rings (SSSR count). The molecule has 0 N–H and O–H groups in total. The zero-order chi connectivity index (χ0) is 17.1. The van der Waals surface area contributed by atoms with Crippen molar-refractivity contribution in [2.45, 2.75) is 32.8 Å². The zero-order valence-corrected chi connectivity index (χ0v) is 15.0. The number of benzene rings is 1. The molecule has 2 aromatic rings. The molecule has 130 valence electrons. The van der Waals surface area contributed by atoms with E-state index in [0.29, 0.717) is 11.9 Å². The molecule has 5 nitrogen and oxygen atoms in total. The van der Waals surface area contributed by atoms with Gasteiger partial charge in [-0.2, -0.15) is 0 Å². The molecule has 1 fully saturated rings. The van der Waals surface area contributed by atoms with Gasteiger partial charge in [-0.1, -0.05) is 0 Å². The molecule has 0 aliphatic carbocycles. The van der Waals surface area contributed by atoms with Gasteiger partial charge in [0.25, 0.3) is 0 Å². The summed E-state index contributed by atoms with van der Waals surface area (Å²) in [7, 11) is 3.31. The summed E-state index contributed by atoms with van der Waals surface area (Å²) in [5, 5.41) is 1.10. The largest absolute Gasteiger partial charge is 0.493 e. The van der Waals surface area contributed by atoms with Gasteiger partial charge < -0.3 is 19.1 Å². The first-order valence-corrected chi connectivity index (χ1v) is 8.56. The Morgan fingerprint density at radius 2 is 1.75 bits per heavy atom. The van der Waals surface area contributed by atoms with Crippen molar-refractivity contribution in [2.75, 3.05) is 38.8 Å². The smallest absolute Gasteiger partial charge is 0.162 e. The van der Waals surface area contributed by atoms with Gasteiger partial charge in [0.05, 0.1) is 25.8 Å². The van der Waals surface area contributed by atoms with Crippen LogP contribution in [0.15, 0.2) is 18.2 Å². The lowest BCUT2D eigenvalue weighted by Gasteiger charge is -2.33. The summed E-state index contributed by atoms with van der Waals surface area (Å²) in [4.78, 5) is 7.21. The van der Waals surface area contributed by atoms with Gasteiger partial charge in [0, 0.05) is 31.1 Å². The van der Waals surface area contributed by atoms with Crippen molar-refractivity contribution in [1.82, 2.24) is 4.98 Å². The Morgan fingerprint density at radius 1 is 1.08 bits per heavy atom. The van der Waals surface area contributed by atoms with Gasteiger partial charge in [0.15, 0.2) is 11.5 Å². The number of ether oxygens (including phenoxy) is 3. The maximum Gasteiger partial charge on any atom is 0.162 e. The van der Waals surface area contributed by atoms with Crippen LogP contribution in [-0.4, -0.2) is 45.0 Å². The Labute approximate surface area is 143 Å². The number of hydrogen-bond donors (Lipinski definition) is 0. The number of fused-ring (bicyclic) bond motifs is 1. The van der Waals surface area contributed by atoms with Crippen LogP contribution in [0.25, 0.3) is 10.9 Å². The van der Waals surface area contributed by atoms with Gasteiger partial charge in [-0.15, -0.1) is 0 Å². The van der Waals surface area contributed by atoms with Gasteiger partial charge in [0.2, 0.25) is 0 Å². The highest BCUT2D eigenvalue weighted by Gasteiger charge is 2.21. The lowest BCUT2D eigenvalue weighted by Crippen LogP contribution is -2.37. The topological polar surface area (TPSA) is 43.8 Å². The van der Waals surface area contributed by atoms with Gasteiger partial charge in [0.1, 0.15) is 5.82 Å². The van der Waals surface area contributed by atoms with E-state index in [4.69, 9.17) is 19.2 Å². The summed E-state index contributed by atoms with van der Waals surface area (Å²) >= 11 is 0. The Kier molecular flexibility index (Phi) is 5.09. The molecule has 1 aliphatic rings. The minimum Gasteiger partial charge on any atom is -0.493 e. The van der Waals surface area contributed by atoms with Crippen LogP contribution >= 0.6 is 0 Å². The van der Waals surface area contributed by atoms with Crippen LogP contribution < -0.4 is 14.4 Å². The summed E-state index contributed by atoms with van der Waals surface area (Å²) in [6.07, 6.45) is 2.49. The summed E-state index contributed by atoms with van der Waals surface area (Å²) in [5.74, 6) is 2.48. The molecule has 5 heteroatoms. The van der Waals surface area contributed by atoms with Crippen molar-refractivity contribution in [2.24, 2.45) is 0 Å². The molecule has 0 atom stereocenters. The molecule has 1 saturated heterocycles. The highest BCUT2D eigenvalue weighted by atomic mass is 16.5. The number of rotatable bonds is 5. The fourth-order valence-corrected chi connectivity index (χ4v) is 3.35. The van der Waals surface area contributed by atoms with Gasteiger partial charge in [-0.05, 0) is 44.4 Å². The minimum absolute atomic E-state index is 0.386. The molecule has 1 aromatic heterocycles. The van der Waals surface area contributed by atoms with E-state index in [9.17, 15) is 0 Å². The Hall–Kier alpha value is -2.01. The van der Waals surface area contributed by atoms with E-state index in [2.05, 4.69) is 24.8 Å². The van der Waals surface area contributed by atoms with Gasteiger partial charge in [-0.25, -0.2) is 4.98 Å². The summed E-state index contributed by atoms with van der Waals surface area (Å²) < 4.78 is 16.6. The molecule has 2 heterocycles. The number of aromatic nitrogens is 1. The average Bonchev–Trinajstić information content (AvgIpc) is 2.61. The molecule has 0 amide bonds. The Bertz CT molecular complexity index is 709. The summed E-state index contributed by atoms with van der Waals surface area (Å²) in [6.45, 7) is 6.93. The quantitative estimate of drug-likeness (QED) is 0.838. The van der Waals surface area contributed by atoms with Gasteiger partial charge in [-0.3, -0.25) is 0 Å². The van der Waals surface area contributed by atoms with E-state index in [0.717, 1.165) is 55.0 Å². The van der Waals surface area contributed by atoms with Crippen LogP contribution in [-0.2, 0) is 4.74 Å². The van der Waals surface area contributed by atoms with Crippen LogP contribution in [0.2, 0.25) is 0 Å². The molecular weight excluding hydrogens is 304 g/mol. The van der Waals surface area contributed by atoms with E-state index in [1.165, 1.54) is 5.56 Å². The number of nitrogens with zero attached hydrogens (tertiary/aromatic N) is 2. The predicted octanol–water partition coefficient (Wildman–Crippen LogP) is 3.57. The van der Waals surface area contributed by atoms with Crippen molar-refractivity contribution in [3.8, 4) is 11.5 Å². The third kappa shape index (κ3) is 3.26. The molecular formula is C19H26N2O3. The molecule has 1 aromatic carbocycles. The van der Waals surface area contributed by atoms with E-state index in [1.54, 1.807) is 14.2 Å². The fraction of sp³-hybridized carbons (Fsp3) is 0.526. The minimum atomic E-state index is 0.386. The molecule has 0 bridgehead atoms. The summed E-state index contributed by atoms with van der Waals surface area (Å²) in [6, 6.07) is 6.12. The number of hydrogen-bond acceptors (Lipinski definition) is 5. The average molecular weight is 330 g/mol. The second-order valence-corrected chi connectivity index (χ2v) is 6.16. The first-order valence-electron chi connectivity index (χ1n) is 8.56. The first-order chi connectivity index (χ1) is 11.7. The first kappa shape index (κ1) is 16.8. The fourth-order valence-electron chi connectivity index (χ4n) is 3.35. The van der Waals surface area contributed by atoms with Crippen LogP contribution in [0.5, 0.6) is 11.5 Å². The lowest BCUT2D eigenvalue weighted by atomic mass is 10.1. The van der Waals surface area contributed by atoms with Crippen molar-refractivity contribution < 1.29 is 14.2 Å². The van der Waals surface area contributed by atoms with Gasteiger partial charge >= 0.3 is 0 Å². The summed E-state index contributed by atoms with van der Waals surface area (Å²) in [5.41, 5.74) is 2.14. The maximum absolute atomic E-state index is 5.74. The number of aryl methyl sites for hydroxylation is 1. The number of pyridine rings is 1. The molecule has 0 spiro atoms. The molecule has 0 saturated carbocycles. The molecule has 24 heavy (non-hydrogen) atoms. The van der Waals surface area contributed by atoms with Crippen LogP contribution in [0.4, 0.5) is 5.82 Å². The van der Waals surface area contributed by atoms with E-state index >= 15 is 0 Å². The van der Waals surface area contributed by atoms with E-state index in [1.807, 2.05) is 12.1 Å². The van der Waals surface area contributed by atoms with Crippen molar-refractivity contribution in [1.29, 1.82) is 0 Å². The lowest BCUT2D eigenvalue weighted by molar-refractivity contribution is 0.0458. The second kappa shape index (κ2) is 7.26. The van der Waals surface area contributed by atoms with Crippen LogP contribution in [0.3, 0.4) is 0 Å². The van der Waals surface area contributed by atoms with Crippen molar-refractivity contribution >= 4 is 16.7 Å². The highest BCUT2D eigenvalue weighted by Crippen LogP contribution is 2.34. The zero-order valence-electron chi connectivity index (χ0n) is 15.0. The molecule has 0 radical (unpaired) electrons. The Morgan fingerprint density at radius 3 is 2.38 bits per heavy atom. The number of methoxy groups -OCH3 is 2. The number of piperidine rings is 1. The number of anilines is 1. The highest BCUT2D eigenvalue weighted by molar-refractivity contribution is 5.87. The predicted molar refractivity (Wildman–Crippen MR) is 96.4 cm³/mol. The maximum atomic E-state index is 5.74. The molecule has 1 aliphatic heterocycles. The second-order valence-electron chi connectivity index (χ2n) is 6.16. The monoisotopic (exact) mass is 330 g/mol. The Balaban J connectivity index is 1.90. The normalized spacial score (nSPS) is 15.8. The third-order valence-corrected chi connectivity index (χ3v) is 4.68. The van der Waals surface area contributed by atoms with Crippen LogP contribution in [0.1, 0.15) is 25.3 Å². The molecule has 0 unspecified atom stereocenters. The van der Waals surface area contributed by atoms with Crippen molar-refractivity contribution in [3.05, 3.63) is 23.8 Å². The van der Waals surface area contributed by atoms with E-state index in [-0.39, 0.29) is 0 Å². The van der Waals surface area contributed by atoms with Crippen LogP contribution in [0, 0.1) is 6.92 Å². The van der Waals surface area contributed by atoms with Crippen molar-refractivity contribution in [3.63, 3.8) is 0 Å². The third-order valence-electron chi connectivity index (χ3n) is 4.68. The standard InChI is InChI=1S/C19H26N2O3/c1-5-24-14-6-8-21(9-7-14)19-10-13(2)15-11-17(22-3)18(23-4)12-16(15)20-19/h10-12,14H,5-9H2,1-4H3. The SMILES string of the molecule is CCOC1CCN(c2cc(C)c3cc(OC)c(OC)cc3n2)CC1. The van der Waals surface area contributed by atoms with E-state index < -0.39 is 0 Å².